The number of aryl methyl sites for hydroxylation is 1. The Hall–Kier alpha value is -2.53. The summed E-state index contributed by atoms with van der Waals surface area (Å²) >= 11 is 0. The van der Waals surface area contributed by atoms with Gasteiger partial charge in [0.2, 0.25) is 0 Å². The summed E-state index contributed by atoms with van der Waals surface area (Å²) < 4.78 is 11.1. The van der Waals surface area contributed by atoms with Crippen molar-refractivity contribution in [2.75, 3.05) is 33.3 Å². The zero-order chi connectivity index (χ0) is 20.1. The zero-order valence-corrected chi connectivity index (χ0v) is 17.2. The number of methoxy groups -OCH3 is 1. The molecule has 0 aliphatic carbocycles. The molecule has 1 spiro atoms. The molecule has 2 heterocycles. The number of ether oxygens (including phenoxy) is 2. The minimum atomic E-state index is -0.306. The van der Waals surface area contributed by atoms with E-state index in [-0.39, 0.29) is 11.7 Å². The highest BCUT2D eigenvalue weighted by Gasteiger charge is 2.46. The number of carbonyl (C=O) groups excluding carboxylic acids is 1. The number of hydrogen-bond donors (Lipinski definition) is 0. The highest BCUT2D eigenvalue weighted by Crippen LogP contribution is 2.34. The molecule has 4 rings (SSSR count). The molecule has 154 valence electrons. The fourth-order valence-corrected chi connectivity index (χ4v) is 4.36. The summed E-state index contributed by atoms with van der Waals surface area (Å²) in [5, 5.41) is 0. The van der Waals surface area contributed by atoms with E-state index in [1.165, 1.54) is 12.0 Å². The molecule has 2 aliphatic rings. The van der Waals surface area contributed by atoms with E-state index >= 15 is 0 Å². The first-order valence-corrected chi connectivity index (χ1v) is 10.5. The lowest BCUT2D eigenvalue weighted by atomic mass is 9.91. The van der Waals surface area contributed by atoms with Crippen LogP contribution in [-0.4, -0.2) is 54.8 Å². The average Bonchev–Trinajstić information content (AvgIpc) is 3.05. The van der Waals surface area contributed by atoms with Gasteiger partial charge in [-0.25, -0.2) is 4.79 Å². The van der Waals surface area contributed by atoms with E-state index in [1.807, 2.05) is 29.2 Å². The zero-order valence-electron chi connectivity index (χ0n) is 17.2. The van der Waals surface area contributed by atoms with Crippen LogP contribution >= 0.6 is 0 Å². The minimum Gasteiger partial charge on any atom is -0.497 e. The predicted octanol–water partition coefficient (Wildman–Crippen LogP) is 4.11. The highest BCUT2D eigenvalue weighted by molar-refractivity contribution is 5.70. The number of benzene rings is 2. The van der Waals surface area contributed by atoms with Crippen molar-refractivity contribution in [3.05, 3.63) is 65.7 Å². The van der Waals surface area contributed by atoms with Gasteiger partial charge in [-0.15, -0.1) is 0 Å². The van der Waals surface area contributed by atoms with E-state index in [0.717, 1.165) is 50.2 Å². The van der Waals surface area contributed by atoms with E-state index in [1.54, 1.807) is 7.11 Å². The minimum absolute atomic E-state index is 0.182. The van der Waals surface area contributed by atoms with Crippen LogP contribution in [0.1, 0.15) is 30.4 Å². The highest BCUT2D eigenvalue weighted by atomic mass is 16.6. The summed E-state index contributed by atoms with van der Waals surface area (Å²) in [7, 11) is 1.66. The number of amides is 1. The Morgan fingerprint density at radius 2 is 1.72 bits per heavy atom. The summed E-state index contributed by atoms with van der Waals surface area (Å²) in [4.78, 5) is 16.8. The summed E-state index contributed by atoms with van der Waals surface area (Å²) in [6.45, 7) is 4.38. The average molecular weight is 395 g/mol. The molecule has 29 heavy (non-hydrogen) atoms. The van der Waals surface area contributed by atoms with Gasteiger partial charge >= 0.3 is 6.09 Å². The SMILES string of the molecule is COc1ccc(CN2CC3(CCN(CCCc4ccccc4)CC3)OC2=O)cc1. The van der Waals surface area contributed by atoms with Gasteiger partial charge in [-0.05, 0) is 42.6 Å². The standard InChI is InChI=1S/C24H30N2O3/c1-28-22-11-9-21(10-12-22)18-26-19-24(29-23(26)27)13-16-25(17-14-24)15-5-8-20-6-3-2-4-7-20/h2-4,6-7,9-12H,5,8,13-19H2,1H3. The van der Waals surface area contributed by atoms with Crippen molar-refractivity contribution in [1.29, 1.82) is 0 Å². The van der Waals surface area contributed by atoms with Crippen LogP contribution in [0.15, 0.2) is 54.6 Å². The van der Waals surface area contributed by atoms with E-state index < -0.39 is 0 Å². The maximum atomic E-state index is 12.5. The van der Waals surface area contributed by atoms with Crippen molar-refractivity contribution in [2.24, 2.45) is 0 Å². The maximum Gasteiger partial charge on any atom is 0.410 e. The van der Waals surface area contributed by atoms with Gasteiger partial charge in [0.1, 0.15) is 11.4 Å². The second kappa shape index (κ2) is 8.87. The Labute approximate surface area is 173 Å². The van der Waals surface area contributed by atoms with E-state index in [4.69, 9.17) is 9.47 Å². The molecule has 2 fully saturated rings. The van der Waals surface area contributed by atoms with Crippen molar-refractivity contribution in [2.45, 2.75) is 37.8 Å². The van der Waals surface area contributed by atoms with Crippen LogP contribution in [0.2, 0.25) is 0 Å². The first-order chi connectivity index (χ1) is 14.2. The summed E-state index contributed by atoms with van der Waals surface area (Å²) in [6, 6.07) is 18.5. The Kier molecular flexibility index (Phi) is 6.05. The lowest BCUT2D eigenvalue weighted by Crippen LogP contribution is -2.47. The topological polar surface area (TPSA) is 42.0 Å². The number of rotatable bonds is 7. The molecule has 0 unspecified atom stereocenters. The van der Waals surface area contributed by atoms with Gasteiger partial charge in [-0.1, -0.05) is 42.5 Å². The molecule has 2 saturated heterocycles. The van der Waals surface area contributed by atoms with Gasteiger partial charge in [0.25, 0.3) is 0 Å². The summed E-state index contributed by atoms with van der Waals surface area (Å²) in [5.74, 6) is 0.828. The van der Waals surface area contributed by atoms with Crippen LogP contribution in [0.5, 0.6) is 5.75 Å². The maximum absolute atomic E-state index is 12.5. The van der Waals surface area contributed by atoms with Crippen LogP contribution in [0.3, 0.4) is 0 Å². The second-order valence-corrected chi connectivity index (χ2v) is 8.19. The Morgan fingerprint density at radius 3 is 2.41 bits per heavy atom. The van der Waals surface area contributed by atoms with Crippen molar-refractivity contribution in [1.82, 2.24) is 9.80 Å². The van der Waals surface area contributed by atoms with Gasteiger partial charge in [-0.3, -0.25) is 4.90 Å². The van der Waals surface area contributed by atoms with Crippen LogP contribution in [0, 0.1) is 0 Å². The molecule has 2 aromatic rings. The molecular weight excluding hydrogens is 364 g/mol. The molecule has 5 heteroatoms. The van der Waals surface area contributed by atoms with Gasteiger partial charge < -0.3 is 14.4 Å². The third-order valence-corrected chi connectivity index (χ3v) is 6.12. The number of hydrogen-bond acceptors (Lipinski definition) is 4. The molecular formula is C24H30N2O3. The van der Waals surface area contributed by atoms with Gasteiger partial charge in [0.15, 0.2) is 0 Å². The van der Waals surface area contributed by atoms with E-state index in [9.17, 15) is 4.79 Å². The van der Waals surface area contributed by atoms with Gasteiger partial charge in [0.05, 0.1) is 13.7 Å². The van der Waals surface area contributed by atoms with Crippen molar-refractivity contribution in [3.63, 3.8) is 0 Å². The number of nitrogens with zero attached hydrogens (tertiary/aromatic N) is 2. The van der Waals surface area contributed by atoms with Gasteiger partial charge in [-0.2, -0.15) is 0 Å². The quantitative estimate of drug-likeness (QED) is 0.709. The Morgan fingerprint density at radius 1 is 1.00 bits per heavy atom. The molecule has 0 atom stereocenters. The lowest BCUT2D eigenvalue weighted by Gasteiger charge is -2.37. The summed E-state index contributed by atoms with van der Waals surface area (Å²) in [6.07, 6.45) is 3.94. The van der Waals surface area contributed by atoms with E-state index in [0.29, 0.717) is 13.1 Å². The van der Waals surface area contributed by atoms with Gasteiger partial charge in [0, 0.05) is 32.5 Å². The summed E-state index contributed by atoms with van der Waals surface area (Å²) in [5.41, 5.74) is 2.19. The molecule has 1 amide bonds. The van der Waals surface area contributed by atoms with Crippen molar-refractivity contribution >= 4 is 6.09 Å². The second-order valence-electron chi connectivity index (χ2n) is 8.19. The molecule has 0 bridgehead atoms. The normalized spacial score (nSPS) is 18.8. The van der Waals surface area contributed by atoms with Crippen LogP contribution in [0.4, 0.5) is 4.79 Å². The number of carbonyl (C=O) groups is 1. The fraction of sp³-hybridized carbons (Fsp3) is 0.458. The molecule has 5 nitrogen and oxygen atoms in total. The van der Waals surface area contributed by atoms with Crippen LogP contribution in [0.25, 0.3) is 0 Å². The largest absolute Gasteiger partial charge is 0.497 e. The molecule has 0 aromatic heterocycles. The molecule has 0 saturated carbocycles. The Bertz CT molecular complexity index is 799. The Balaban J connectivity index is 1.24. The van der Waals surface area contributed by atoms with Crippen molar-refractivity contribution < 1.29 is 14.3 Å². The fourth-order valence-electron chi connectivity index (χ4n) is 4.36. The number of piperidine rings is 1. The first kappa shape index (κ1) is 19.8. The smallest absolute Gasteiger partial charge is 0.410 e. The van der Waals surface area contributed by atoms with Crippen LogP contribution < -0.4 is 4.74 Å². The monoisotopic (exact) mass is 394 g/mol. The first-order valence-electron chi connectivity index (χ1n) is 10.5. The number of likely N-dealkylation sites (tertiary alicyclic amines) is 1. The van der Waals surface area contributed by atoms with Crippen LogP contribution in [-0.2, 0) is 17.7 Å². The van der Waals surface area contributed by atoms with E-state index in [2.05, 4.69) is 35.2 Å². The predicted molar refractivity (Wildman–Crippen MR) is 113 cm³/mol. The molecule has 0 N–H and O–H groups in total. The van der Waals surface area contributed by atoms with Crippen molar-refractivity contribution in [3.8, 4) is 5.75 Å². The molecule has 2 aliphatic heterocycles. The lowest BCUT2D eigenvalue weighted by molar-refractivity contribution is 0.000548. The third kappa shape index (κ3) is 4.91. The molecule has 2 aromatic carbocycles. The molecule has 0 radical (unpaired) electrons. The third-order valence-electron chi connectivity index (χ3n) is 6.12.